The average molecular weight is 295 g/mol. The zero-order valence-electron chi connectivity index (χ0n) is 12.1. The highest BCUT2D eigenvalue weighted by Gasteiger charge is 2.14. The molecule has 0 amide bonds. The molecule has 3 aromatic carbocycles. The largest absolute Gasteiger partial charge is 0.340 e. The fourth-order valence-electron chi connectivity index (χ4n) is 2.43. The second kappa shape index (κ2) is 5.98. The summed E-state index contributed by atoms with van der Waals surface area (Å²) in [6.07, 6.45) is 0. The maximum atomic E-state index is 14.2. The monoisotopic (exact) mass is 295 g/mol. The molecule has 0 unspecified atom stereocenters. The number of benzene rings is 3. The van der Waals surface area contributed by atoms with E-state index in [1.807, 2.05) is 30.3 Å². The summed E-state index contributed by atoms with van der Waals surface area (Å²) in [6, 6.07) is 20.9. The molecule has 0 aliphatic rings. The Morgan fingerprint density at radius 2 is 1.27 bits per heavy atom. The molecule has 0 saturated carbocycles. The van der Waals surface area contributed by atoms with Gasteiger partial charge in [-0.1, -0.05) is 48.5 Å². The van der Waals surface area contributed by atoms with Crippen LogP contribution in [-0.4, -0.2) is 7.05 Å². The van der Waals surface area contributed by atoms with Crippen LogP contribution in [0.4, 0.5) is 20.2 Å². The van der Waals surface area contributed by atoms with Gasteiger partial charge in [0.25, 0.3) is 0 Å². The quantitative estimate of drug-likeness (QED) is 0.625. The molecule has 3 heteroatoms. The van der Waals surface area contributed by atoms with Crippen LogP contribution in [-0.2, 0) is 0 Å². The molecule has 0 radical (unpaired) electrons. The molecule has 0 aromatic heterocycles. The summed E-state index contributed by atoms with van der Waals surface area (Å²) in [4.78, 5) is 1.52. The first-order chi connectivity index (χ1) is 10.7. The standard InChI is InChI=1S/C19H15F2N/c1-22(18-10-6-5-9-16(18)20)19-13-15(11-12-17(19)21)14-7-3-2-4-8-14/h2-13H,1H3. The molecule has 0 heterocycles. The molecule has 0 fully saturated rings. The van der Waals surface area contributed by atoms with Crippen molar-refractivity contribution in [3.63, 3.8) is 0 Å². The number of rotatable bonds is 3. The van der Waals surface area contributed by atoms with Crippen molar-refractivity contribution in [2.45, 2.75) is 0 Å². The highest BCUT2D eigenvalue weighted by Crippen LogP contribution is 2.32. The minimum atomic E-state index is -0.384. The Hall–Kier alpha value is -2.68. The number of anilines is 2. The number of hydrogen-bond donors (Lipinski definition) is 0. The van der Waals surface area contributed by atoms with Gasteiger partial charge in [0.2, 0.25) is 0 Å². The normalized spacial score (nSPS) is 10.5. The summed E-state index contributed by atoms with van der Waals surface area (Å²) in [6.45, 7) is 0. The van der Waals surface area contributed by atoms with E-state index in [4.69, 9.17) is 0 Å². The van der Waals surface area contributed by atoms with Gasteiger partial charge in [-0.3, -0.25) is 0 Å². The van der Waals surface area contributed by atoms with Crippen LogP contribution < -0.4 is 4.90 Å². The van der Waals surface area contributed by atoms with Crippen LogP contribution in [0.15, 0.2) is 72.8 Å². The average Bonchev–Trinajstić information content (AvgIpc) is 2.56. The number of halogens is 2. The van der Waals surface area contributed by atoms with Gasteiger partial charge >= 0.3 is 0 Å². The third-order valence-electron chi connectivity index (χ3n) is 3.63. The molecule has 3 rings (SSSR count). The van der Waals surface area contributed by atoms with E-state index in [9.17, 15) is 8.78 Å². The summed E-state index contributed by atoms with van der Waals surface area (Å²) in [5.41, 5.74) is 2.56. The summed E-state index contributed by atoms with van der Waals surface area (Å²) >= 11 is 0. The van der Waals surface area contributed by atoms with E-state index in [0.29, 0.717) is 11.4 Å². The van der Waals surface area contributed by atoms with Crippen LogP contribution in [0.2, 0.25) is 0 Å². The first-order valence-corrected chi connectivity index (χ1v) is 7.00. The maximum absolute atomic E-state index is 14.2. The Morgan fingerprint density at radius 3 is 2.00 bits per heavy atom. The Balaban J connectivity index is 2.06. The zero-order chi connectivity index (χ0) is 15.5. The van der Waals surface area contributed by atoms with Crippen molar-refractivity contribution in [1.29, 1.82) is 0 Å². The van der Waals surface area contributed by atoms with Gasteiger partial charge < -0.3 is 4.90 Å². The predicted molar refractivity (Wildman–Crippen MR) is 86.3 cm³/mol. The molecule has 0 aliphatic carbocycles. The lowest BCUT2D eigenvalue weighted by atomic mass is 10.0. The molecule has 110 valence electrons. The van der Waals surface area contributed by atoms with Gasteiger partial charge in [0.15, 0.2) is 0 Å². The number of hydrogen-bond acceptors (Lipinski definition) is 1. The van der Waals surface area contributed by atoms with Crippen molar-refractivity contribution in [2.75, 3.05) is 11.9 Å². The van der Waals surface area contributed by atoms with Gasteiger partial charge in [-0.2, -0.15) is 0 Å². The fraction of sp³-hybridized carbons (Fsp3) is 0.0526. The molecule has 0 aliphatic heterocycles. The first-order valence-electron chi connectivity index (χ1n) is 7.00. The third kappa shape index (κ3) is 2.70. The molecule has 0 N–H and O–H groups in total. The van der Waals surface area contributed by atoms with Crippen LogP contribution in [0.5, 0.6) is 0 Å². The van der Waals surface area contributed by atoms with E-state index < -0.39 is 0 Å². The molecule has 0 bridgehead atoms. The molecule has 1 nitrogen and oxygen atoms in total. The highest BCUT2D eigenvalue weighted by atomic mass is 19.1. The van der Waals surface area contributed by atoms with Crippen LogP contribution >= 0.6 is 0 Å². The van der Waals surface area contributed by atoms with Crippen molar-refractivity contribution in [2.24, 2.45) is 0 Å². The molecule has 0 saturated heterocycles. The second-order valence-corrected chi connectivity index (χ2v) is 5.04. The van der Waals surface area contributed by atoms with Gasteiger partial charge in [-0.25, -0.2) is 8.78 Å². The number of para-hydroxylation sites is 1. The van der Waals surface area contributed by atoms with Crippen LogP contribution in [0.25, 0.3) is 11.1 Å². The predicted octanol–water partition coefficient (Wildman–Crippen LogP) is 5.40. The molecule has 0 atom stereocenters. The molecular formula is C19H15F2N. The minimum Gasteiger partial charge on any atom is -0.340 e. The first kappa shape index (κ1) is 14.3. The molecule has 0 spiro atoms. The lowest BCUT2D eigenvalue weighted by Gasteiger charge is -2.21. The van der Waals surface area contributed by atoms with Crippen molar-refractivity contribution >= 4 is 11.4 Å². The maximum Gasteiger partial charge on any atom is 0.146 e. The summed E-state index contributed by atoms with van der Waals surface area (Å²) in [5.74, 6) is -0.764. The van der Waals surface area contributed by atoms with E-state index in [-0.39, 0.29) is 11.6 Å². The second-order valence-electron chi connectivity index (χ2n) is 5.04. The van der Waals surface area contributed by atoms with Crippen LogP contribution in [0, 0.1) is 11.6 Å². The Bertz CT molecular complexity index is 784. The summed E-state index contributed by atoms with van der Waals surface area (Å²) < 4.78 is 28.1. The summed E-state index contributed by atoms with van der Waals surface area (Å²) in [7, 11) is 1.66. The van der Waals surface area contributed by atoms with Gasteiger partial charge in [-0.05, 0) is 35.4 Å². The van der Waals surface area contributed by atoms with Crippen molar-refractivity contribution in [3.8, 4) is 11.1 Å². The van der Waals surface area contributed by atoms with Crippen LogP contribution in [0.1, 0.15) is 0 Å². The highest BCUT2D eigenvalue weighted by molar-refractivity contribution is 5.72. The topological polar surface area (TPSA) is 3.24 Å². The van der Waals surface area contributed by atoms with E-state index in [2.05, 4.69) is 0 Å². The van der Waals surface area contributed by atoms with Crippen molar-refractivity contribution in [1.82, 2.24) is 0 Å². The zero-order valence-corrected chi connectivity index (χ0v) is 12.1. The fourth-order valence-corrected chi connectivity index (χ4v) is 2.43. The van der Waals surface area contributed by atoms with Crippen molar-refractivity contribution < 1.29 is 8.78 Å². The van der Waals surface area contributed by atoms with E-state index in [1.165, 1.54) is 17.0 Å². The smallest absolute Gasteiger partial charge is 0.146 e. The molecular weight excluding hydrogens is 280 g/mol. The van der Waals surface area contributed by atoms with Gasteiger partial charge in [0, 0.05) is 7.05 Å². The van der Waals surface area contributed by atoms with Crippen molar-refractivity contribution in [3.05, 3.63) is 84.4 Å². The van der Waals surface area contributed by atoms with Crippen LogP contribution in [0.3, 0.4) is 0 Å². The Kier molecular flexibility index (Phi) is 3.88. The minimum absolute atomic E-state index is 0.339. The Labute approximate surface area is 128 Å². The lowest BCUT2D eigenvalue weighted by Crippen LogP contribution is -2.12. The number of nitrogens with zero attached hydrogens (tertiary/aromatic N) is 1. The van der Waals surface area contributed by atoms with E-state index >= 15 is 0 Å². The van der Waals surface area contributed by atoms with Gasteiger partial charge in [0.1, 0.15) is 11.6 Å². The van der Waals surface area contributed by atoms with E-state index in [1.54, 1.807) is 37.4 Å². The third-order valence-corrected chi connectivity index (χ3v) is 3.63. The molecule has 3 aromatic rings. The van der Waals surface area contributed by atoms with Gasteiger partial charge in [0.05, 0.1) is 11.4 Å². The van der Waals surface area contributed by atoms with Gasteiger partial charge in [-0.15, -0.1) is 0 Å². The van der Waals surface area contributed by atoms with E-state index in [0.717, 1.165) is 11.1 Å². The Morgan fingerprint density at radius 1 is 0.636 bits per heavy atom. The lowest BCUT2D eigenvalue weighted by molar-refractivity contribution is 0.617. The summed E-state index contributed by atoms with van der Waals surface area (Å²) in [5, 5.41) is 0. The molecule has 22 heavy (non-hydrogen) atoms. The SMILES string of the molecule is CN(c1ccccc1F)c1cc(-c2ccccc2)ccc1F.